The lowest BCUT2D eigenvalue weighted by atomic mass is 10.1. The van der Waals surface area contributed by atoms with Crippen LogP contribution >= 0.6 is 0 Å². The van der Waals surface area contributed by atoms with E-state index in [1.807, 2.05) is 0 Å². The van der Waals surface area contributed by atoms with Crippen LogP contribution in [-0.4, -0.2) is 30.2 Å². The Hall–Kier alpha value is -4.56. The lowest BCUT2D eigenvalue weighted by Crippen LogP contribution is -2.19. The molecule has 38 heavy (non-hydrogen) atoms. The molecule has 0 aliphatic carbocycles. The number of methoxy groups -OCH3 is 1. The Bertz CT molecular complexity index is 1500. The van der Waals surface area contributed by atoms with Crippen LogP contribution in [0.15, 0.2) is 36.5 Å². The number of aromatic nitrogens is 1. The highest BCUT2D eigenvalue weighted by atomic mass is 19.4. The predicted octanol–water partition coefficient (Wildman–Crippen LogP) is 5.66. The molecule has 0 spiro atoms. The molecule has 0 unspecified atom stereocenters. The van der Waals surface area contributed by atoms with Gasteiger partial charge in [-0.3, -0.25) is 14.6 Å². The zero-order valence-corrected chi connectivity index (χ0v) is 18.8. The third-order valence-corrected chi connectivity index (χ3v) is 4.77. The molecule has 0 saturated carbocycles. The fourth-order valence-corrected chi connectivity index (χ4v) is 3.04. The molecular formula is C23H16F7N3O5. The number of aryl methyl sites for hydroxylation is 1. The van der Waals surface area contributed by atoms with Crippen LogP contribution < -0.4 is 25.3 Å². The maximum atomic E-state index is 15.2. The van der Waals surface area contributed by atoms with Gasteiger partial charge in [0, 0.05) is 11.9 Å². The molecule has 202 valence electrons. The van der Waals surface area contributed by atoms with Gasteiger partial charge in [0.2, 0.25) is 11.6 Å². The molecular weight excluding hydrogens is 531 g/mol. The number of nitrogens with two attached hydrogens (primary N) is 1. The lowest BCUT2D eigenvalue weighted by Gasteiger charge is -2.18. The van der Waals surface area contributed by atoms with E-state index in [2.05, 4.69) is 19.8 Å². The summed E-state index contributed by atoms with van der Waals surface area (Å²) in [4.78, 5) is 28.3. The van der Waals surface area contributed by atoms with E-state index in [0.29, 0.717) is 24.3 Å². The number of halogens is 7. The first-order valence-electron chi connectivity index (χ1n) is 11.5. The summed E-state index contributed by atoms with van der Waals surface area (Å²) >= 11 is 0. The summed E-state index contributed by atoms with van der Waals surface area (Å²) in [6.07, 6.45) is -7.73. The van der Waals surface area contributed by atoms with Crippen molar-refractivity contribution in [3.05, 3.63) is 70.5 Å². The number of ether oxygens (including phenoxy) is 3. The van der Waals surface area contributed by atoms with Crippen molar-refractivity contribution in [1.29, 1.82) is 0 Å². The van der Waals surface area contributed by atoms with Gasteiger partial charge in [0.1, 0.15) is 22.8 Å². The highest BCUT2D eigenvalue weighted by Crippen LogP contribution is 2.41. The number of carbonyl (C=O) groups excluding carboxylic acids is 2. The van der Waals surface area contributed by atoms with Gasteiger partial charge in [-0.25, -0.2) is 13.2 Å². The van der Waals surface area contributed by atoms with Crippen LogP contribution in [0.2, 0.25) is 0 Å². The van der Waals surface area contributed by atoms with Crippen molar-refractivity contribution in [2.45, 2.75) is 19.7 Å². The first-order chi connectivity index (χ1) is 18.9. The molecule has 0 aliphatic heterocycles. The van der Waals surface area contributed by atoms with Crippen LogP contribution in [-0.2, 0) is 0 Å². The lowest BCUT2D eigenvalue weighted by molar-refractivity contribution is -0.275. The minimum absolute atomic E-state index is 0.155. The van der Waals surface area contributed by atoms with E-state index in [1.165, 1.54) is 6.92 Å². The zero-order chi connectivity index (χ0) is 30.9. The van der Waals surface area contributed by atoms with Gasteiger partial charge in [0.25, 0.3) is 18.2 Å². The van der Waals surface area contributed by atoms with Gasteiger partial charge in [-0.05, 0) is 42.8 Å². The minimum Gasteiger partial charge on any atom is -0.490 e. The smallest absolute Gasteiger partial charge is 0.490 e. The van der Waals surface area contributed by atoms with Gasteiger partial charge in [-0.15, -0.1) is 13.2 Å². The molecule has 0 atom stereocenters. The SMILES string of the molecule is [2H]C([2H])([2H])Oc1c(Oc2ccc(C(F)F)c(F)c2C(=O)Nc2cc(C(N)=O)ncc2C)ccc(OC(F)(F)F)c1F. The second-order valence-corrected chi connectivity index (χ2v) is 7.30. The van der Waals surface area contributed by atoms with Gasteiger partial charge in [-0.1, -0.05) is 0 Å². The Morgan fingerprint density at radius 1 is 1.08 bits per heavy atom. The molecule has 8 nitrogen and oxygen atoms in total. The van der Waals surface area contributed by atoms with Crippen LogP contribution in [0.5, 0.6) is 23.0 Å². The van der Waals surface area contributed by atoms with Crippen molar-refractivity contribution in [2.24, 2.45) is 5.73 Å². The average molecular weight is 550 g/mol. The van der Waals surface area contributed by atoms with E-state index in [4.69, 9.17) is 14.6 Å². The van der Waals surface area contributed by atoms with Gasteiger partial charge >= 0.3 is 6.36 Å². The van der Waals surface area contributed by atoms with Crippen molar-refractivity contribution in [1.82, 2.24) is 4.98 Å². The van der Waals surface area contributed by atoms with E-state index in [-0.39, 0.29) is 16.9 Å². The van der Waals surface area contributed by atoms with Crippen LogP contribution in [0.4, 0.5) is 36.4 Å². The molecule has 15 heteroatoms. The number of carbonyl (C=O) groups is 2. The summed E-state index contributed by atoms with van der Waals surface area (Å²) in [7, 11) is -3.46. The minimum atomic E-state index is -5.40. The first kappa shape index (κ1) is 23.8. The number of nitrogens with zero attached hydrogens (tertiary/aromatic N) is 1. The summed E-state index contributed by atoms with van der Waals surface area (Å²) in [6, 6.07) is 3.04. The Labute approximate surface area is 213 Å². The fourth-order valence-electron chi connectivity index (χ4n) is 3.04. The van der Waals surface area contributed by atoms with Gasteiger partial charge in [0.15, 0.2) is 11.5 Å². The number of hydrogen-bond acceptors (Lipinski definition) is 6. The van der Waals surface area contributed by atoms with E-state index < -0.39 is 77.4 Å². The monoisotopic (exact) mass is 550 g/mol. The normalized spacial score (nSPS) is 12.8. The summed E-state index contributed by atoms with van der Waals surface area (Å²) < 4.78 is 130. The topological polar surface area (TPSA) is 113 Å². The molecule has 3 rings (SSSR count). The highest BCUT2D eigenvalue weighted by molar-refractivity contribution is 6.07. The highest BCUT2D eigenvalue weighted by Gasteiger charge is 2.34. The molecule has 1 heterocycles. The molecule has 2 aromatic carbocycles. The number of pyridine rings is 1. The number of benzene rings is 2. The van der Waals surface area contributed by atoms with Crippen molar-refractivity contribution < 1.29 is 58.6 Å². The van der Waals surface area contributed by atoms with E-state index >= 15 is 4.39 Å². The molecule has 0 aliphatic rings. The molecule has 1 aromatic heterocycles. The maximum Gasteiger partial charge on any atom is 0.573 e. The van der Waals surface area contributed by atoms with E-state index in [1.54, 1.807) is 0 Å². The van der Waals surface area contributed by atoms with Gasteiger partial charge in [-0.2, -0.15) is 4.39 Å². The third kappa shape index (κ3) is 6.04. The van der Waals surface area contributed by atoms with Crippen LogP contribution in [0.1, 0.15) is 42.5 Å². The largest absolute Gasteiger partial charge is 0.573 e. The molecule has 2 amide bonds. The molecule has 0 bridgehead atoms. The number of anilines is 1. The van der Waals surface area contributed by atoms with Crippen molar-refractivity contribution >= 4 is 17.5 Å². The van der Waals surface area contributed by atoms with Crippen LogP contribution in [0.25, 0.3) is 0 Å². The van der Waals surface area contributed by atoms with Gasteiger partial charge < -0.3 is 25.3 Å². The van der Waals surface area contributed by atoms with Crippen molar-refractivity contribution in [2.75, 3.05) is 12.4 Å². The first-order valence-corrected chi connectivity index (χ1v) is 10.0. The molecule has 0 radical (unpaired) electrons. The standard InChI is InChI=1S/C23H16F7N3O5/c1-9-8-32-12(21(31)34)7-11(9)33-22(35)16-13(4-3-10(17(16)24)20(26)27)37-15-6-5-14(38-23(28,29)30)18(25)19(15)36-2/h3-8,20H,1-2H3,(H2,31,34)(H,32,33,35)/i2D3. The van der Waals surface area contributed by atoms with Gasteiger partial charge in [0.05, 0.1) is 16.7 Å². The quantitative estimate of drug-likeness (QED) is 0.350. The summed E-state index contributed by atoms with van der Waals surface area (Å²) in [5.41, 5.74) is 2.39. The Morgan fingerprint density at radius 3 is 2.34 bits per heavy atom. The zero-order valence-electron chi connectivity index (χ0n) is 21.8. The molecule has 3 aromatic rings. The number of amides is 2. The number of alkyl halides is 5. The van der Waals surface area contributed by atoms with Crippen LogP contribution in [0, 0.1) is 18.6 Å². The number of rotatable bonds is 8. The molecule has 0 saturated heterocycles. The third-order valence-electron chi connectivity index (χ3n) is 4.77. The maximum absolute atomic E-state index is 15.2. The average Bonchev–Trinajstić information content (AvgIpc) is 2.82. The Morgan fingerprint density at radius 2 is 1.74 bits per heavy atom. The summed E-state index contributed by atoms with van der Waals surface area (Å²) in [5, 5.41) is 2.16. The van der Waals surface area contributed by atoms with E-state index in [9.17, 15) is 35.9 Å². The summed E-state index contributed by atoms with van der Waals surface area (Å²) in [5.74, 6) is -11.2. The predicted molar refractivity (Wildman–Crippen MR) is 117 cm³/mol. The number of primary amides is 1. The molecule has 0 fully saturated rings. The molecule has 3 N–H and O–H groups in total. The fraction of sp³-hybridized carbons (Fsp3) is 0.174. The Kier molecular flexibility index (Phi) is 6.78. The summed E-state index contributed by atoms with van der Waals surface area (Å²) in [6.45, 7) is 1.41. The number of hydrogen-bond donors (Lipinski definition) is 2. The van der Waals surface area contributed by atoms with Crippen molar-refractivity contribution in [3.8, 4) is 23.0 Å². The number of nitrogens with one attached hydrogen (secondary N) is 1. The second-order valence-electron chi connectivity index (χ2n) is 7.30. The Balaban J connectivity index is 2.15. The second kappa shape index (κ2) is 10.8. The van der Waals surface area contributed by atoms with E-state index in [0.717, 1.165) is 12.3 Å². The van der Waals surface area contributed by atoms with Crippen LogP contribution in [0.3, 0.4) is 0 Å². The van der Waals surface area contributed by atoms with Crippen molar-refractivity contribution in [3.63, 3.8) is 0 Å².